The molecule has 5 nitrogen and oxygen atoms in total. The fourth-order valence-electron chi connectivity index (χ4n) is 1.93. The van der Waals surface area contributed by atoms with E-state index >= 15 is 0 Å². The Morgan fingerprint density at radius 2 is 2.00 bits per heavy atom. The van der Waals surface area contributed by atoms with Gasteiger partial charge in [0.2, 0.25) is 5.91 Å². The van der Waals surface area contributed by atoms with E-state index < -0.39 is 24.7 Å². The minimum atomic E-state index is -4.16. The summed E-state index contributed by atoms with van der Waals surface area (Å²) in [6, 6.07) is 0.0171. The first-order chi connectivity index (χ1) is 8.28. The summed E-state index contributed by atoms with van der Waals surface area (Å²) in [5.74, 6) is -0.808. The largest absolute Gasteiger partial charge is 0.401 e. The van der Waals surface area contributed by atoms with Gasteiger partial charge in [-0.15, -0.1) is 0 Å². The number of aliphatic hydroxyl groups is 1. The quantitative estimate of drug-likeness (QED) is 0.625. The van der Waals surface area contributed by atoms with Crippen LogP contribution in [0.4, 0.5) is 13.2 Å². The summed E-state index contributed by atoms with van der Waals surface area (Å²) >= 11 is 0. The Bertz CT molecular complexity index is 278. The van der Waals surface area contributed by atoms with Crippen LogP contribution in [0.2, 0.25) is 0 Å². The third-order valence-electron chi connectivity index (χ3n) is 2.92. The number of halogens is 3. The van der Waals surface area contributed by atoms with Gasteiger partial charge < -0.3 is 16.2 Å². The van der Waals surface area contributed by atoms with Gasteiger partial charge in [0.05, 0.1) is 6.54 Å². The lowest BCUT2D eigenvalue weighted by molar-refractivity contribution is -0.148. The van der Waals surface area contributed by atoms with Crippen molar-refractivity contribution in [2.24, 2.45) is 5.73 Å². The Morgan fingerprint density at radius 1 is 1.44 bits per heavy atom. The lowest BCUT2D eigenvalue weighted by Gasteiger charge is -2.33. The normalized spacial score (nSPS) is 20.9. The van der Waals surface area contributed by atoms with Gasteiger partial charge >= 0.3 is 6.18 Å². The highest BCUT2D eigenvalue weighted by molar-refractivity contribution is 5.78. The first-order valence-electron chi connectivity index (χ1n) is 5.78. The zero-order valence-corrected chi connectivity index (χ0v) is 9.91. The zero-order chi connectivity index (χ0) is 13.8. The summed E-state index contributed by atoms with van der Waals surface area (Å²) in [4.78, 5) is 11.9. The summed E-state index contributed by atoms with van der Waals surface area (Å²) in [6.07, 6.45) is -4.30. The molecule has 0 aromatic carbocycles. The van der Waals surface area contributed by atoms with Crippen molar-refractivity contribution in [2.45, 2.75) is 31.2 Å². The van der Waals surface area contributed by atoms with Gasteiger partial charge in [0.25, 0.3) is 0 Å². The summed E-state index contributed by atoms with van der Waals surface area (Å²) in [7, 11) is 0. The summed E-state index contributed by atoms with van der Waals surface area (Å²) < 4.78 is 36.4. The second kappa shape index (κ2) is 6.35. The number of primary amides is 1. The molecule has 1 aliphatic rings. The van der Waals surface area contributed by atoms with Gasteiger partial charge in [0.1, 0.15) is 6.10 Å². The van der Waals surface area contributed by atoms with E-state index in [2.05, 4.69) is 5.32 Å². The molecule has 1 saturated heterocycles. The minimum Gasteiger partial charge on any atom is -0.382 e. The molecular weight excluding hydrogens is 251 g/mol. The molecule has 8 heteroatoms. The average molecular weight is 269 g/mol. The van der Waals surface area contributed by atoms with Crippen LogP contribution in [0.1, 0.15) is 12.8 Å². The molecule has 0 spiro atoms. The number of carbonyl (C=O) groups is 1. The third-order valence-corrected chi connectivity index (χ3v) is 2.92. The molecule has 0 aliphatic carbocycles. The number of nitrogens with zero attached hydrogens (tertiary/aromatic N) is 1. The van der Waals surface area contributed by atoms with Gasteiger partial charge in [-0.3, -0.25) is 9.69 Å². The van der Waals surface area contributed by atoms with E-state index in [1.54, 1.807) is 0 Å². The molecule has 0 bridgehead atoms. The van der Waals surface area contributed by atoms with Crippen LogP contribution in [0.5, 0.6) is 0 Å². The van der Waals surface area contributed by atoms with Gasteiger partial charge in [-0.1, -0.05) is 0 Å². The van der Waals surface area contributed by atoms with Crippen molar-refractivity contribution in [3.63, 3.8) is 0 Å². The van der Waals surface area contributed by atoms with Crippen molar-refractivity contribution in [1.82, 2.24) is 10.2 Å². The molecule has 1 atom stereocenters. The summed E-state index contributed by atoms with van der Waals surface area (Å²) in [5.41, 5.74) is 4.88. The number of carbonyl (C=O) groups excluding carboxylic acids is 1. The number of amides is 1. The number of aliphatic hydroxyl groups excluding tert-OH is 1. The smallest absolute Gasteiger partial charge is 0.382 e. The van der Waals surface area contributed by atoms with Gasteiger partial charge in [-0.2, -0.15) is 13.2 Å². The van der Waals surface area contributed by atoms with E-state index in [0.29, 0.717) is 25.9 Å². The van der Waals surface area contributed by atoms with E-state index in [0.717, 1.165) is 0 Å². The Kier molecular flexibility index (Phi) is 5.36. The highest BCUT2D eigenvalue weighted by Gasteiger charge is 2.32. The first kappa shape index (κ1) is 15.2. The van der Waals surface area contributed by atoms with E-state index in [1.807, 2.05) is 0 Å². The van der Waals surface area contributed by atoms with Gasteiger partial charge in [0.15, 0.2) is 0 Å². The molecule has 4 N–H and O–H groups in total. The van der Waals surface area contributed by atoms with Crippen LogP contribution in [0.15, 0.2) is 0 Å². The third kappa shape index (κ3) is 5.65. The standard InChI is InChI=1S/C10H18F3N3O2/c11-10(12,13)6-16-3-1-7(2-4-16)15-5-8(17)9(14)18/h7-8,15,17H,1-6H2,(H2,14,18). The number of rotatable bonds is 5. The molecular formula is C10H18F3N3O2. The lowest BCUT2D eigenvalue weighted by Crippen LogP contribution is -2.48. The van der Waals surface area contributed by atoms with Crippen LogP contribution >= 0.6 is 0 Å². The first-order valence-corrected chi connectivity index (χ1v) is 5.78. The molecule has 106 valence electrons. The Balaban J connectivity index is 2.21. The summed E-state index contributed by atoms with van der Waals surface area (Å²) in [6.45, 7) is -0.142. The molecule has 1 rings (SSSR count). The number of piperidine rings is 1. The summed E-state index contributed by atoms with van der Waals surface area (Å²) in [5, 5.41) is 12.1. The maximum Gasteiger partial charge on any atom is 0.401 e. The number of alkyl halides is 3. The molecule has 1 aliphatic heterocycles. The van der Waals surface area contributed by atoms with Gasteiger partial charge in [0, 0.05) is 12.6 Å². The van der Waals surface area contributed by atoms with Crippen LogP contribution in [-0.2, 0) is 4.79 Å². The van der Waals surface area contributed by atoms with E-state index in [-0.39, 0.29) is 12.6 Å². The minimum absolute atomic E-state index is 0.0171. The van der Waals surface area contributed by atoms with Crippen molar-refractivity contribution in [2.75, 3.05) is 26.2 Å². The van der Waals surface area contributed by atoms with Crippen molar-refractivity contribution in [3.8, 4) is 0 Å². The molecule has 1 unspecified atom stereocenters. The highest BCUT2D eigenvalue weighted by Crippen LogP contribution is 2.19. The molecule has 18 heavy (non-hydrogen) atoms. The Morgan fingerprint density at radius 3 is 2.44 bits per heavy atom. The molecule has 0 radical (unpaired) electrons. The topological polar surface area (TPSA) is 78.6 Å². The van der Waals surface area contributed by atoms with Crippen LogP contribution in [0, 0.1) is 0 Å². The van der Waals surface area contributed by atoms with Crippen LogP contribution in [-0.4, -0.2) is 60.4 Å². The van der Waals surface area contributed by atoms with E-state index in [4.69, 9.17) is 10.8 Å². The molecule has 0 aromatic rings. The zero-order valence-electron chi connectivity index (χ0n) is 9.91. The van der Waals surface area contributed by atoms with Gasteiger partial charge in [-0.05, 0) is 25.9 Å². The average Bonchev–Trinajstić information content (AvgIpc) is 2.25. The number of hydrogen-bond donors (Lipinski definition) is 3. The van der Waals surface area contributed by atoms with E-state index in [1.165, 1.54) is 4.90 Å². The number of nitrogens with one attached hydrogen (secondary N) is 1. The van der Waals surface area contributed by atoms with Gasteiger partial charge in [-0.25, -0.2) is 0 Å². The number of likely N-dealkylation sites (tertiary alicyclic amines) is 1. The van der Waals surface area contributed by atoms with Crippen LogP contribution < -0.4 is 11.1 Å². The van der Waals surface area contributed by atoms with Crippen molar-refractivity contribution in [1.29, 1.82) is 0 Å². The fourth-order valence-corrected chi connectivity index (χ4v) is 1.93. The Labute approximate surface area is 103 Å². The van der Waals surface area contributed by atoms with Crippen LogP contribution in [0.3, 0.4) is 0 Å². The molecule has 1 fully saturated rings. The number of nitrogens with two attached hydrogens (primary N) is 1. The molecule has 1 amide bonds. The van der Waals surface area contributed by atoms with Crippen molar-refractivity contribution in [3.05, 3.63) is 0 Å². The van der Waals surface area contributed by atoms with E-state index in [9.17, 15) is 18.0 Å². The van der Waals surface area contributed by atoms with Crippen molar-refractivity contribution >= 4 is 5.91 Å². The predicted octanol–water partition coefficient (Wildman–Crippen LogP) is -0.551. The monoisotopic (exact) mass is 269 g/mol. The van der Waals surface area contributed by atoms with Crippen LogP contribution in [0.25, 0.3) is 0 Å². The fraction of sp³-hybridized carbons (Fsp3) is 0.900. The number of hydrogen-bond acceptors (Lipinski definition) is 4. The second-order valence-electron chi connectivity index (χ2n) is 4.49. The van der Waals surface area contributed by atoms with Crippen molar-refractivity contribution < 1.29 is 23.1 Å². The lowest BCUT2D eigenvalue weighted by atomic mass is 10.0. The SMILES string of the molecule is NC(=O)C(O)CNC1CCN(CC(F)(F)F)CC1. The highest BCUT2D eigenvalue weighted by atomic mass is 19.4. The molecule has 1 heterocycles. The molecule has 0 saturated carbocycles. The Hall–Kier alpha value is -0.860. The second-order valence-corrected chi connectivity index (χ2v) is 4.49. The molecule has 0 aromatic heterocycles. The predicted molar refractivity (Wildman–Crippen MR) is 58.7 cm³/mol. The maximum absolute atomic E-state index is 12.1. The maximum atomic E-state index is 12.1.